The highest BCUT2D eigenvalue weighted by Gasteiger charge is 2.35. The van der Waals surface area contributed by atoms with Gasteiger partial charge in [-0.25, -0.2) is 0 Å². The molecule has 32 heavy (non-hydrogen) atoms. The molecule has 3 rings (SSSR count). The first-order valence-electron chi connectivity index (χ1n) is 9.39. The molecule has 1 atom stereocenters. The Morgan fingerprint density at radius 3 is 2.41 bits per heavy atom. The van der Waals surface area contributed by atoms with Crippen molar-refractivity contribution in [2.45, 2.75) is 35.9 Å². The zero-order valence-corrected chi connectivity index (χ0v) is 18.8. The third-order valence-corrected chi connectivity index (χ3v) is 4.93. The number of benzene rings is 1. The molecule has 0 aliphatic rings. The molecule has 13 heteroatoms. The largest absolute Gasteiger partial charge is 0.416 e. The maximum Gasteiger partial charge on any atom is 0.416 e. The number of anilines is 3. The molecule has 0 saturated carbocycles. The van der Waals surface area contributed by atoms with Crippen LogP contribution in [-0.2, 0) is 11.0 Å². The number of carbonyl (C=O) groups is 1. The zero-order valence-electron chi connectivity index (χ0n) is 16.5. The van der Waals surface area contributed by atoms with Gasteiger partial charge in [-0.15, -0.1) is 0 Å². The van der Waals surface area contributed by atoms with E-state index in [1.54, 1.807) is 12.3 Å². The molecule has 1 aromatic carbocycles. The van der Waals surface area contributed by atoms with Gasteiger partial charge in [0.2, 0.25) is 15.6 Å². The van der Waals surface area contributed by atoms with Gasteiger partial charge in [0.25, 0.3) is 0 Å². The van der Waals surface area contributed by atoms with E-state index in [9.17, 15) is 18.0 Å². The van der Waals surface area contributed by atoms with E-state index < -0.39 is 21.7 Å². The van der Waals surface area contributed by atoms with E-state index in [0.717, 1.165) is 12.1 Å². The summed E-state index contributed by atoms with van der Waals surface area (Å²) < 4.78 is 36.5. The summed E-state index contributed by atoms with van der Waals surface area (Å²) in [5.41, 5.74) is 0.0208. The minimum absolute atomic E-state index is 0.0162. The average Bonchev–Trinajstić information content (AvgIpc) is 3.15. The lowest BCUT2D eigenvalue weighted by molar-refractivity contribution is -0.137. The van der Waals surface area contributed by atoms with Crippen LogP contribution in [0.1, 0.15) is 25.3 Å². The Kier molecular flexibility index (Phi) is 7.26. The first kappa shape index (κ1) is 24.2. The molecule has 0 aliphatic heterocycles. The lowest BCUT2D eigenvalue weighted by Crippen LogP contribution is -2.49. The van der Waals surface area contributed by atoms with E-state index in [4.69, 9.17) is 34.8 Å². The summed E-state index contributed by atoms with van der Waals surface area (Å²) >= 11 is 18.0. The molecule has 7 nitrogen and oxygen atoms in total. The summed E-state index contributed by atoms with van der Waals surface area (Å²) in [6, 6.07) is 6.18. The second-order valence-electron chi connectivity index (χ2n) is 6.77. The van der Waals surface area contributed by atoms with Crippen LogP contribution in [0.3, 0.4) is 0 Å². The van der Waals surface area contributed by atoms with Crippen LogP contribution in [0.25, 0.3) is 11.0 Å². The summed E-state index contributed by atoms with van der Waals surface area (Å²) in [7, 11) is 0. The van der Waals surface area contributed by atoms with Gasteiger partial charge < -0.3 is 20.9 Å². The molecular weight excluding hydrogens is 492 g/mol. The van der Waals surface area contributed by atoms with Gasteiger partial charge in [0.15, 0.2) is 0 Å². The summed E-state index contributed by atoms with van der Waals surface area (Å²) in [4.78, 5) is 23.6. The molecule has 172 valence electrons. The van der Waals surface area contributed by atoms with E-state index in [1.807, 2.05) is 6.92 Å². The van der Waals surface area contributed by atoms with Crippen LogP contribution in [0, 0.1) is 0 Å². The fourth-order valence-electron chi connectivity index (χ4n) is 2.77. The van der Waals surface area contributed by atoms with Crippen LogP contribution in [0.15, 0.2) is 36.5 Å². The Hall–Kier alpha value is -2.43. The molecule has 2 heterocycles. The van der Waals surface area contributed by atoms with Crippen molar-refractivity contribution in [1.82, 2.24) is 20.3 Å². The van der Waals surface area contributed by atoms with Crippen LogP contribution in [0.4, 0.5) is 30.6 Å². The third kappa shape index (κ3) is 6.08. The number of H-pyrrole nitrogens is 1. The minimum Gasteiger partial charge on any atom is -0.346 e. The number of amides is 1. The maximum absolute atomic E-state index is 12.8. The lowest BCUT2D eigenvalue weighted by atomic mass is 10.2. The van der Waals surface area contributed by atoms with E-state index in [-0.39, 0.29) is 18.3 Å². The smallest absolute Gasteiger partial charge is 0.346 e. The third-order valence-electron chi connectivity index (χ3n) is 4.27. The number of halogens is 6. The molecule has 0 radical (unpaired) electrons. The van der Waals surface area contributed by atoms with Crippen molar-refractivity contribution in [2.75, 3.05) is 10.6 Å². The van der Waals surface area contributed by atoms with Gasteiger partial charge in [-0.1, -0.05) is 41.7 Å². The summed E-state index contributed by atoms with van der Waals surface area (Å²) in [6.07, 6.45) is -3.12. The fourth-order valence-corrected chi connectivity index (χ4v) is 3.10. The Bertz CT molecular complexity index is 1080. The molecule has 0 saturated heterocycles. The topological polar surface area (TPSA) is 94.7 Å². The van der Waals surface area contributed by atoms with Crippen LogP contribution < -0.4 is 16.0 Å². The number of aromatic nitrogens is 3. The predicted molar refractivity (Wildman–Crippen MR) is 119 cm³/mol. The predicted octanol–water partition coefficient (Wildman–Crippen LogP) is 5.74. The van der Waals surface area contributed by atoms with Gasteiger partial charge in [0.1, 0.15) is 17.6 Å². The Morgan fingerprint density at radius 1 is 1.12 bits per heavy atom. The Morgan fingerprint density at radius 2 is 1.81 bits per heavy atom. The Labute approximate surface area is 196 Å². The molecule has 2 aromatic heterocycles. The molecule has 0 fully saturated rings. The van der Waals surface area contributed by atoms with Crippen molar-refractivity contribution in [3.8, 4) is 0 Å². The first-order valence-corrected chi connectivity index (χ1v) is 10.5. The normalized spacial score (nSPS) is 13.1. The number of hydrogen-bond acceptors (Lipinski definition) is 5. The van der Waals surface area contributed by atoms with E-state index in [0.29, 0.717) is 29.0 Å². The monoisotopic (exact) mass is 508 g/mol. The lowest BCUT2D eigenvalue weighted by Gasteiger charge is -2.26. The van der Waals surface area contributed by atoms with E-state index in [1.165, 1.54) is 12.1 Å². The second-order valence-corrected chi connectivity index (χ2v) is 9.14. The highest BCUT2D eigenvalue weighted by atomic mass is 35.6. The molecule has 1 unspecified atom stereocenters. The van der Waals surface area contributed by atoms with Gasteiger partial charge in [-0.3, -0.25) is 4.79 Å². The van der Waals surface area contributed by atoms with Crippen LogP contribution >= 0.6 is 34.8 Å². The van der Waals surface area contributed by atoms with Gasteiger partial charge >= 0.3 is 6.18 Å². The van der Waals surface area contributed by atoms with Crippen LogP contribution in [0.2, 0.25) is 0 Å². The zero-order chi connectivity index (χ0) is 23.5. The van der Waals surface area contributed by atoms with Crippen LogP contribution in [-0.4, -0.2) is 30.8 Å². The second kappa shape index (κ2) is 9.60. The standard InChI is InChI=1S/C19H18Cl3F3N6O/c1-2-3-13(32)28-16(18(20,21)22)31-17-29-14-12(8-9-26-14)15(30-17)27-11-6-4-10(5-7-11)19(23,24)25/h4-9,16H,2-3H2,1H3,(H,28,32)(H3,26,27,29,30,31). The van der Waals surface area contributed by atoms with Crippen molar-refractivity contribution in [3.63, 3.8) is 0 Å². The summed E-state index contributed by atoms with van der Waals surface area (Å²) in [5, 5.41) is 8.90. The number of hydrogen-bond donors (Lipinski definition) is 4. The van der Waals surface area contributed by atoms with Gasteiger partial charge in [0, 0.05) is 18.3 Å². The highest BCUT2D eigenvalue weighted by Crippen LogP contribution is 2.33. The quantitative estimate of drug-likeness (QED) is 0.240. The van der Waals surface area contributed by atoms with Crippen molar-refractivity contribution in [1.29, 1.82) is 0 Å². The number of rotatable bonds is 7. The fraction of sp³-hybridized carbons (Fsp3) is 0.316. The van der Waals surface area contributed by atoms with Crippen molar-refractivity contribution >= 4 is 69.2 Å². The number of carbonyl (C=O) groups excluding carboxylic acids is 1. The van der Waals surface area contributed by atoms with Gasteiger partial charge in [-0.05, 0) is 36.8 Å². The molecule has 4 N–H and O–H groups in total. The van der Waals surface area contributed by atoms with E-state index >= 15 is 0 Å². The number of fused-ring (bicyclic) bond motifs is 1. The first-order chi connectivity index (χ1) is 15.0. The van der Waals surface area contributed by atoms with Crippen molar-refractivity contribution in [3.05, 3.63) is 42.1 Å². The van der Waals surface area contributed by atoms with Crippen molar-refractivity contribution in [2.24, 2.45) is 0 Å². The van der Waals surface area contributed by atoms with Gasteiger partial charge in [0.05, 0.1) is 10.9 Å². The van der Waals surface area contributed by atoms with Crippen LogP contribution in [0.5, 0.6) is 0 Å². The maximum atomic E-state index is 12.8. The van der Waals surface area contributed by atoms with Crippen molar-refractivity contribution < 1.29 is 18.0 Å². The number of nitrogens with zero attached hydrogens (tertiary/aromatic N) is 2. The molecule has 0 aliphatic carbocycles. The molecule has 0 spiro atoms. The molecule has 1 amide bonds. The molecule has 3 aromatic rings. The Balaban J connectivity index is 1.89. The molecule has 0 bridgehead atoms. The number of aromatic amines is 1. The number of nitrogens with one attached hydrogen (secondary N) is 4. The van der Waals surface area contributed by atoms with E-state index in [2.05, 4.69) is 30.9 Å². The summed E-state index contributed by atoms with van der Waals surface area (Å²) in [5.74, 6) is -0.0238. The number of alkyl halides is 6. The summed E-state index contributed by atoms with van der Waals surface area (Å²) in [6.45, 7) is 1.83. The van der Waals surface area contributed by atoms with Gasteiger partial charge in [-0.2, -0.15) is 23.1 Å². The molecular formula is C19H18Cl3F3N6O. The highest BCUT2D eigenvalue weighted by molar-refractivity contribution is 6.68. The SMILES string of the molecule is CCCC(=O)NC(Nc1nc(Nc2ccc(C(F)(F)F)cc2)c2cc[nH]c2n1)C(Cl)(Cl)Cl. The average molecular weight is 510 g/mol. The minimum atomic E-state index is -4.44.